The Hall–Kier alpha value is -1.63. The second kappa shape index (κ2) is 7.23. The number of aliphatic hydroxyl groups is 1. The molecule has 0 aromatic carbocycles. The van der Waals surface area contributed by atoms with Crippen molar-refractivity contribution in [2.75, 3.05) is 37.0 Å². The Bertz CT molecular complexity index is 425. The molecule has 0 aliphatic carbocycles. The summed E-state index contributed by atoms with van der Waals surface area (Å²) < 4.78 is 5.49. The highest BCUT2D eigenvalue weighted by Gasteiger charge is 2.26. The average Bonchev–Trinajstić information content (AvgIpc) is 2.44. The predicted octanol–water partition coefficient (Wildman–Crippen LogP) is 1.30. The summed E-state index contributed by atoms with van der Waals surface area (Å²) in [4.78, 5) is 14.7. The fourth-order valence-corrected chi connectivity index (χ4v) is 1.37. The minimum Gasteiger partial charge on any atom is -0.463 e. The molecule has 0 aliphatic heterocycles. The molecule has 0 atom stereocenters. The smallest absolute Gasteiger partial charge is 0.323 e. The summed E-state index contributed by atoms with van der Waals surface area (Å²) in [6.45, 7) is 9.08. The van der Waals surface area contributed by atoms with Gasteiger partial charge in [0, 0.05) is 13.6 Å². The Morgan fingerprint density at radius 3 is 2.50 bits per heavy atom. The summed E-state index contributed by atoms with van der Waals surface area (Å²) in [5, 5.41) is 12.5. The van der Waals surface area contributed by atoms with Crippen LogP contribution < -0.4 is 15.0 Å². The van der Waals surface area contributed by atoms with Crippen molar-refractivity contribution >= 4 is 11.9 Å². The van der Waals surface area contributed by atoms with Crippen molar-refractivity contribution in [1.82, 2.24) is 15.0 Å². The van der Waals surface area contributed by atoms with Gasteiger partial charge in [-0.15, -0.1) is 0 Å². The van der Waals surface area contributed by atoms with E-state index < -0.39 is 5.54 Å². The molecule has 2 N–H and O–H groups in total. The molecule has 20 heavy (non-hydrogen) atoms. The Kier molecular flexibility index (Phi) is 5.94. The van der Waals surface area contributed by atoms with Crippen LogP contribution in [0.1, 0.15) is 34.1 Å². The van der Waals surface area contributed by atoms with Crippen LogP contribution in [0.4, 0.5) is 11.9 Å². The molecular weight excluding hydrogens is 258 g/mol. The third kappa shape index (κ3) is 4.19. The second-order valence-electron chi connectivity index (χ2n) is 5.15. The summed E-state index contributed by atoms with van der Waals surface area (Å²) in [5.41, 5.74) is -0.465. The lowest BCUT2D eigenvalue weighted by Crippen LogP contribution is -2.45. The lowest BCUT2D eigenvalue weighted by atomic mass is 10.1. The minimum atomic E-state index is -0.465. The largest absolute Gasteiger partial charge is 0.463 e. The Labute approximate surface area is 120 Å². The summed E-state index contributed by atoms with van der Waals surface area (Å²) in [6, 6.07) is 0.299. The van der Waals surface area contributed by atoms with Crippen LogP contribution in [0.2, 0.25) is 0 Å². The monoisotopic (exact) mass is 283 g/mol. The number of rotatable bonds is 8. The zero-order valence-corrected chi connectivity index (χ0v) is 13.0. The van der Waals surface area contributed by atoms with E-state index in [9.17, 15) is 5.11 Å². The molecule has 1 rings (SSSR count). The molecule has 1 aromatic rings. The lowest BCUT2D eigenvalue weighted by molar-refractivity contribution is 0.214. The molecule has 0 aliphatic rings. The summed E-state index contributed by atoms with van der Waals surface area (Å²) in [7, 11) is 1.84. The molecule has 0 unspecified atom stereocenters. The quantitative estimate of drug-likeness (QED) is 0.744. The number of hydrogen-bond donors (Lipinski definition) is 2. The first-order valence-corrected chi connectivity index (χ1v) is 6.92. The van der Waals surface area contributed by atoms with Crippen molar-refractivity contribution < 1.29 is 9.84 Å². The third-order valence-corrected chi connectivity index (χ3v) is 2.97. The summed E-state index contributed by atoms with van der Waals surface area (Å²) in [6.07, 6.45) is 0.884. The van der Waals surface area contributed by atoms with Crippen LogP contribution in [0.15, 0.2) is 0 Å². The summed E-state index contributed by atoms with van der Waals surface area (Å²) in [5.74, 6) is 0.949. The van der Waals surface area contributed by atoms with Gasteiger partial charge in [-0.2, -0.15) is 15.0 Å². The van der Waals surface area contributed by atoms with E-state index in [4.69, 9.17) is 4.74 Å². The van der Waals surface area contributed by atoms with E-state index in [1.165, 1.54) is 0 Å². The van der Waals surface area contributed by atoms with Gasteiger partial charge in [0.15, 0.2) is 0 Å². The zero-order valence-electron chi connectivity index (χ0n) is 13.0. The molecule has 0 saturated heterocycles. The van der Waals surface area contributed by atoms with E-state index in [-0.39, 0.29) is 6.61 Å². The van der Waals surface area contributed by atoms with Crippen molar-refractivity contribution in [1.29, 1.82) is 0 Å². The van der Waals surface area contributed by atoms with Crippen LogP contribution in [0, 0.1) is 0 Å². The fraction of sp³-hybridized carbons (Fsp3) is 0.769. The van der Waals surface area contributed by atoms with Gasteiger partial charge in [-0.25, -0.2) is 0 Å². The third-order valence-electron chi connectivity index (χ3n) is 2.97. The number of hydrogen-bond acceptors (Lipinski definition) is 7. The van der Waals surface area contributed by atoms with E-state index in [1.807, 2.05) is 39.6 Å². The number of ether oxygens (including phenoxy) is 1. The molecule has 0 spiro atoms. The number of aromatic nitrogens is 3. The van der Waals surface area contributed by atoms with Gasteiger partial charge in [-0.05, 0) is 27.2 Å². The number of nitrogens with one attached hydrogen (secondary N) is 1. The van der Waals surface area contributed by atoms with Gasteiger partial charge in [0.1, 0.15) is 0 Å². The van der Waals surface area contributed by atoms with Gasteiger partial charge >= 0.3 is 6.01 Å². The van der Waals surface area contributed by atoms with Gasteiger partial charge in [0.25, 0.3) is 0 Å². The van der Waals surface area contributed by atoms with E-state index >= 15 is 0 Å². The Morgan fingerprint density at radius 2 is 1.95 bits per heavy atom. The minimum absolute atomic E-state index is 0.00310. The maximum atomic E-state index is 9.45. The fourth-order valence-electron chi connectivity index (χ4n) is 1.37. The summed E-state index contributed by atoms with van der Waals surface area (Å²) >= 11 is 0. The highest BCUT2D eigenvalue weighted by molar-refractivity contribution is 5.40. The van der Waals surface area contributed by atoms with Gasteiger partial charge in [-0.3, -0.25) is 0 Å². The predicted molar refractivity (Wildman–Crippen MR) is 79.3 cm³/mol. The molecule has 0 fully saturated rings. The van der Waals surface area contributed by atoms with Gasteiger partial charge < -0.3 is 20.1 Å². The van der Waals surface area contributed by atoms with Crippen LogP contribution in [0.5, 0.6) is 6.01 Å². The number of aliphatic hydroxyl groups excluding tert-OH is 1. The molecule has 7 heteroatoms. The Balaban J connectivity index is 3.07. The van der Waals surface area contributed by atoms with Crippen LogP contribution in [-0.4, -0.2) is 52.4 Å². The van der Waals surface area contributed by atoms with Crippen LogP contribution in [0.25, 0.3) is 0 Å². The maximum Gasteiger partial charge on any atom is 0.323 e. The van der Waals surface area contributed by atoms with E-state index in [0.717, 1.165) is 6.42 Å². The molecule has 0 amide bonds. The van der Waals surface area contributed by atoms with Crippen LogP contribution >= 0.6 is 0 Å². The van der Waals surface area contributed by atoms with Crippen molar-refractivity contribution in [2.24, 2.45) is 0 Å². The highest BCUT2D eigenvalue weighted by atomic mass is 16.5. The maximum absolute atomic E-state index is 9.45. The standard InChI is InChI=1S/C13H25N5O2/c1-6-8-20-12-16-10(14-7-2)15-11(17-12)18(5)13(3,4)9-19/h19H,6-9H2,1-5H3,(H,14,15,16,17). The molecule has 0 bridgehead atoms. The number of anilines is 2. The Morgan fingerprint density at radius 1 is 1.25 bits per heavy atom. The first-order chi connectivity index (χ1) is 9.44. The van der Waals surface area contributed by atoms with Crippen LogP contribution in [-0.2, 0) is 0 Å². The average molecular weight is 283 g/mol. The SMILES string of the molecule is CCCOc1nc(NCC)nc(N(C)C(C)(C)CO)n1. The number of nitrogens with zero attached hydrogens (tertiary/aromatic N) is 4. The van der Waals surface area contributed by atoms with Crippen molar-refractivity contribution in [3.05, 3.63) is 0 Å². The van der Waals surface area contributed by atoms with Gasteiger partial charge in [-0.1, -0.05) is 6.92 Å². The molecule has 1 aromatic heterocycles. The first-order valence-electron chi connectivity index (χ1n) is 6.92. The van der Waals surface area contributed by atoms with Crippen molar-refractivity contribution in [3.63, 3.8) is 0 Å². The normalized spacial score (nSPS) is 11.3. The van der Waals surface area contributed by atoms with Crippen molar-refractivity contribution in [3.8, 4) is 6.01 Å². The van der Waals surface area contributed by atoms with Gasteiger partial charge in [0.2, 0.25) is 11.9 Å². The molecular formula is C13H25N5O2. The lowest BCUT2D eigenvalue weighted by Gasteiger charge is -2.33. The first kappa shape index (κ1) is 16.4. The molecule has 114 valence electrons. The second-order valence-corrected chi connectivity index (χ2v) is 5.15. The van der Waals surface area contributed by atoms with Crippen molar-refractivity contribution in [2.45, 2.75) is 39.7 Å². The van der Waals surface area contributed by atoms with E-state index in [1.54, 1.807) is 0 Å². The van der Waals surface area contributed by atoms with E-state index in [2.05, 4.69) is 20.3 Å². The van der Waals surface area contributed by atoms with Crippen LogP contribution in [0.3, 0.4) is 0 Å². The molecule has 0 saturated carbocycles. The molecule has 0 radical (unpaired) electrons. The van der Waals surface area contributed by atoms with Gasteiger partial charge in [0.05, 0.1) is 18.8 Å². The molecule has 7 nitrogen and oxygen atoms in total. The van der Waals surface area contributed by atoms with E-state index in [0.29, 0.717) is 31.1 Å². The highest BCUT2D eigenvalue weighted by Crippen LogP contribution is 2.21. The number of likely N-dealkylation sites (N-methyl/N-ethyl adjacent to an activating group) is 1. The topological polar surface area (TPSA) is 83.4 Å². The molecule has 1 heterocycles. The zero-order chi connectivity index (χ0) is 15.2.